The summed E-state index contributed by atoms with van der Waals surface area (Å²) in [4.78, 5) is 0. The molecule has 0 amide bonds. The third kappa shape index (κ3) is 7.91. The summed E-state index contributed by atoms with van der Waals surface area (Å²) in [5.74, 6) is -1.07. The van der Waals surface area contributed by atoms with E-state index in [2.05, 4.69) is 0 Å². The highest BCUT2D eigenvalue weighted by molar-refractivity contribution is 6.01. The number of nitrogens with two attached hydrogens (primary N) is 4. The lowest BCUT2D eigenvalue weighted by atomic mass is 9.96. The molecule has 0 saturated carbocycles. The highest BCUT2D eigenvalue weighted by Gasteiger charge is 2.16. The smallest absolute Gasteiger partial charge is 0.101 e. The zero-order valence-electron chi connectivity index (χ0n) is 12.4. The van der Waals surface area contributed by atoms with Gasteiger partial charge in [-0.3, -0.25) is 21.6 Å². The SMILES string of the molecule is N=C(N)C(CCCCCCCC(C(=N)N)C(=N)N)C(=N)N. The predicted octanol–water partition coefficient (Wildman–Crippen LogP) is 0.693. The molecule has 0 saturated heterocycles. The number of nitrogens with one attached hydrogen (secondary N) is 4. The lowest BCUT2D eigenvalue weighted by Gasteiger charge is -2.14. The molecule has 12 N–H and O–H groups in total. The molecule has 0 aliphatic heterocycles. The largest absolute Gasteiger partial charge is 0.387 e. The van der Waals surface area contributed by atoms with Gasteiger partial charge in [-0.1, -0.05) is 32.1 Å². The Labute approximate surface area is 125 Å². The molecule has 0 aliphatic carbocycles. The minimum Gasteiger partial charge on any atom is -0.387 e. The van der Waals surface area contributed by atoms with Crippen molar-refractivity contribution in [1.29, 1.82) is 21.6 Å². The van der Waals surface area contributed by atoms with Crippen molar-refractivity contribution >= 4 is 23.3 Å². The normalized spacial score (nSPS) is 13.3. The van der Waals surface area contributed by atoms with E-state index in [1.165, 1.54) is 0 Å². The van der Waals surface area contributed by atoms with Gasteiger partial charge in [0.25, 0.3) is 0 Å². The molecule has 8 nitrogen and oxygen atoms in total. The Morgan fingerprint density at radius 3 is 1.00 bits per heavy atom. The Morgan fingerprint density at radius 1 is 0.524 bits per heavy atom. The lowest BCUT2D eigenvalue weighted by molar-refractivity contribution is 0.559. The Bertz CT molecular complexity index is 326. The van der Waals surface area contributed by atoms with Crippen molar-refractivity contribution in [3.63, 3.8) is 0 Å². The van der Waals surface area contributed by atoms with Crippen LogP contribution < -0.4 is 22.9 Å². The lowest BCUT2D eigenvalue weighted by Crippen LogP contribution is -2.34. The Morgan fingerprint density at radius 2 is 0.762 bits per heavy atom. The Balaban J connectivity index is 3.78. The van der Waals surface area contributed by atoms with Crippen molar-refractivity contribution in [3.05, 3.63) is 0 Å². The van der Waals surface area contributed by atoms with Crippen LogP contribution in [0.25, 0.3) is 0 Å². The number of rotatable bonds is 12. The van der Waals surface area contributed by atoms with Gasteiger partial charge in [-0.15, -0.1) is 0 Å². The van der Waals surface area contributed by atoms with Gasteiger partial charge in [-0.25, -0.2) is 0 Å². The molecule has 8 heteroatoms. The number of unbranched alkanes of at least 4 members (excludes halogenated alkanes) is 4. The molecule has 21 heavy (non-hydrogen) atoms. The summed E-state index contributed by atoms with van der Waals surface area (Å²) in [6.07, 6.45) is 5.95. The van der Waals surface area contributed by atoms with Crippen LogP contribution in [-0.4, -0.2) is 23.3 Å². The summed E-state index contributed by atoms with van der Waals surface area (Å²) in [7, 11) is 0. The molecular formula is C13H28N8. The molecule has 0 bridgehead atoms. The first-order valence-electron chi connectivity index (χ1n) is 7.13. The van der Waals surface area contributed by atoms with E-state index in [0.717, 1.165) is 32.1 Å². The second-order valence-corrected chi connectivity index (χ2v) is 5.27. The predicted molar refractivity (Wildman–Crippen MR) is 87.0 cm³/mol. The van der Waals surface area contributed by atoms with Crippen LogP contribution in [0.1, 0.15) is 44.9 Å². The standard InChI is InChI=1S/C13H28N8/c14-10(15)8(11(16)17)6-4-2-1-3-5-7-9(12(18)19)13(20)21/h8-9H,1-7H2,(H3,14,15)(H3,16,17)(H3,18,19)(H3,20,21). The maximum atomic E-state index is 7.35. The van der Waals surface area contributed by atoms with Gasteiger partial charge in [0.1, 0.15) is 23.3 Å². The minimum absolute atomic E-state index is 0.0479. The van der Waals surface area contributed by atoms with Gasteiger partial charge in [0.15, 0.2) is 0 Å². The molecule has 0 aromatic rings. The van der Waals surface area contributed by atoms with Crippen LogP contribution >= 0.6 is 0 Å². The summed E-state index contributed by atoms with van der Waals surface area (Å²) in [6, 6.07) is 0. The monoisotopic (exact) mass is 296 g/mol. The molecule has 0 aromatic carbocycles. The fourth-order valence-corrected chi connectivity index (χ4v) is 2.18. The summed E-state index contributed by atoms with van der Waals surface area (Å²) in [5, 5.41) is 29.4. The molecule has 0 radical (unpaired) electrons. The van der Waals surface area contributed by atoms with Crippen molar-refractivity contribution in [2.75, 3.05) is 0 Å². The van der Waals surface area contributed by atoms with Gasteiger partial charge in [0.05, 0.1) is 11.8 Å². The first-order chi connectivity index (χ1) is 9.77. The molecule has 120 valence electrons. The second kappa shape index (κ2) is 9.73. The molecule has 0 fully saturated rings. The third-order valence-corrected chi connectivity index (χ3v) is 3.49. The number of amidine groups is 4. The average molecular weight is 296 g/mol. The van der Waals surface area contributed by atoms with Crippen molar-refractivity contribution in [1.82, 2.24) is 0 Å². The zero-order chi connectivity index (χ0) is 16.4. The van der Waals surface area contributed by atoms with E-state index in [1.54, 1.807) is 0 Å². The van der Waals surface area contributed by atoms with Crippen LogP contribution in [0, 0.1) is 33.5 Å². The fourth-order valence-electron chi connectivity index (χ4n) is 2.18. The Hall–Kier alpha value is -2.12. The molecule has 0 heterocycles. The molecule has 0 rings (SSSR count). The van der Waals surface area contributed by atoms with E-state index >= 15 is 0 Å². The number of hydrogen-bond donors (Lipinski definition) is 8. The Kier molecular flexibility index (Phi) is 8.75. The average Bonchev–Trinajstić information content (AvgIpc) is 2.34. The van der Waals surface area contributed by atoms with Crippen molar-refractivity contribution in [3.8, 4) is 0 Å². The maximum Gasteiger partial charge on any atom is 0.101 e. The van der Waals surface area contributed by atoms with E-state index in [-0.39, 0.29) is 23.3 Å². The highest BCUT2D eigenvalue weighted by atomic mass is 14.8. The first-order valence-corrected chi connectivity index (χ1v) is 7.13. The quantitative estimate of drug-likeness (QED) is 0.149. The van der Waals surface area contributed by atoms with Crippen LogP contribution in [0.5, 0.6) is 0 Å². The van der Waals surface area contributed by atoms with Crippen LogP contribution in [0.2, 0.25) is 0 Å². The van der Waals surface area contributed by atoms with E-state index in [4.69, 9.17) is 44.6 Å². The highest BCUT2D eigenvalue weighted by Crippen LogP contribution is 2.14. The molecule has 0 aliphatic rings. The van der Waals surface area contributed by atoms with E-state index < -0.39 is 11.8 Å². The van der Waals surface area contributed by atoms with Crippen LogP contribution in [0.3, 0.4) is 0 Å². The topological polar surface area (TPSA) is 199 Å². The molecular weight excluding hydrogens is 268 g/mol. The van der Waals surface area contributed by atoms with Crippen LogP contribution in [0.15, 0.2) is 0 Å². The second-order valence-electron chi connectivity index (χ2n) is 5.27. The first kappa shape index (κ1) is 18.9. The minimum atomic E-state index is -0.440. The fraction of sp³-hybridized carbons (Fsp3) is 0.692. The summed E-state index contributed by atoms with van der Waals surface area (Å²) in [6.45, 7) is 0. The summed E-state index contributed by atoms with van der Waals surface area (Å²) >= 11 is 0. The molecule has 0 atom stereocenters. The van der Waals surface area contributed by atoms with Crippen LogP contribution in [0.4, 0.5) is 0 Å². The van der Waals surface area contributed by atoms with Gasteiger partial charge < -0.3 is 22.9 Å². The van der Waals surface area contributed by atoms with Gasteiger partial charge in [0.2, 0.25) is 0 Å². The van der Waals surface area contributed by atoms with Crippen molar-refractivity contribution in [2.45, 2.75) is 44.9 Å². The molecule has 0 aromatic heterocycles. The number of hydrogen-bond acceptors (Lipinski definition) is 4. The zero-order valence-corrected chi connectivity index (χ0v) is 12.4. The van der Waals surface area contributed by atoms with Crippen LogP contribution in [-0.2, 0) is 0 Å². The van der Waals surface area contributed by atoms with E-state index in [0.29, 0.717) is 12.8 Å². The summed E-state index contributed by atoms with van der Waals surface area (Å²) < 4.78 is 0. The third-order valence-electron chi connectivity index (χ3n) is 3.49. The molecule has 0 unspecified atom stereocenters. The van der Waals surface area contributed by atoms with E-state index in [1.807, 2.05) is 0 Å². The maximum absolute atomic E-state index is 7.35. The van der Waals surface area contributed by atoms with Crippen molar-refractivity contribution < 1.29 is 0 Å². The van der Waals surface area contributed by atoms with Gasteiger partial charge in [-0.05, 0) is 12.8 Å². The van der Waals surface area contributed by atoms with Gasteiger partial charge >= 0.3 is 0 Å². The van der Waals surface area contributed by atoms with Gasteiger partial charge in [-0.2, -0.15) is 0 Å². The summed E-state index contributed by atoms with van der Waals surface area (Å²) in [5.41, 5.74) is 21.6. The van der Waals surface area contributed by atoms with E-state index in [9.17, 15) is 0 Å². The molecule has 0 spiro atoms. The van der Waals surface area contributed by atoms with Gasteiger partial charge in [0, 0.05) is 0 Å². The van der Waals surface area contributed by atoms with Crippen molar-refractivity contribution in [2.24, 2.45) is 34.8 Å².